The molecule has 0 saturated carbocycles. The third-order valence-electron chi connectivity index (χ3n) is 3.47. The van der Waals surface area contributed by atoms with Gasteiger partial charge >= 0.3 is 0 Å². The van der Waals surface area contributed by atoms with Crippen molar-refractivity contribution in [3.05, 3.63) is 36.2 Å². The molecule has 3 rings (SSSR count). The van der Waals surface area contributed by atoms with Crippen LogP contribution < -0.4 is 0 Å². The summed E-state index contributed by atoms with van der Waals surface area (Å²) in [5.74, 6) is 1.13. The van der Waals surface area contributed by atoms with Crippen molar-refractivity contribution in [3.63, 3.8) is 0 Å². The third kappa shape index (κ3) is 2.52. The largest absolute Gasteiger partial charge is 0.419 e. The Balaban J connectivity index is 2.05. The molecule has 0 N–H and O–H groups in total. The number of benzene rings is 1. The fourth-order valence-corrected chi connectivity index (χ4v) is 2.41. The van der Waals surface area contributed by atoms with Gasteiger partial charge in [0.25, 0.3) is 5.89 Å². The predicted octanol–water partition coefficient (Wildman–Crippen LogP) is 3.56. The molecule has 0 saturated heterocycles. The molecule has 5 nitrogen and oxygen atoms in total. The topological polar surface area (TPSA) is 67.6 Å². The summed E-state index contributed by atoms with van der Waals surface area (Å²) >= 11 is 0. The summed E-state index contributed by atoms with van der Waals surface area (Å²) in [6.07, 6.45) is 2.91. The van der Waals surface area contributed by atoms with Gasteiger partial charge in [-0.05, 0) is 18.6 Å². The van der Waals surface area contributed by atoms with E-state index in [4.69, 9.17) is 9.68 Å². The normalized spacial score (nSPS) is 10.9. The van der Waals surface area contributed by atoms with Gasteiger partial charge in [0.1, 0.15) is 12.2 Å². The number of rotatable bonds is 5. The van der Waals surface area contributed by atoms with Gasteiger partial charge in [-0.15, -0.1) is 10.2 Å². The van der Waals surface area contributed by atoms with Crippen LogP contribution in [0, 0.1) is 11.3 Å². The summed E-state index contributed by atoms with van der Waals surface area (Å²) in [6.45, 7) is 2.39. The van der Waals surface area contributed by atoms with Crippen molar-refractivity contribution in [1.82, 2.24) is 14.8 Å². The van der Waals surface area contributed by atoms with E-state index in [1.807, 2.05) is 34.9 Å². The van der Waals surface area contributed by atoms with Crippen molar-refractivity contribution < 1.29 is 4.42 Å². The molecule has 106 valence electrons. The highest BCUT2D eigenvalue weighted by molar-refractivity contribution is 5.85. The lowest BCUT2D eigenvalue weighted by molar-refractivity contribution is 0.493. The van der Waals surface area contributed by atoms with Crippen molar-refractivity contribution >= 4 is 10.9 Å². The zero-order valence-corrected chi connectivity index (χ0v) is 11.9. The van der Waals surface area contributed by atoms with Crippen LogP contribution in [-0.4, -0.2) is 14.8 Å². The molecule has 2 aromatic heterocycles. The summed E-state index contributed by atoms with van der Waals surface area (Å²) < 4.78 is 7.65. The molecular formula is C16H16N4O. The van der Waals surface area contributed by atoms with Gasteiger partial charge in [-0.1, -0.05) is 31.5 Å². The molecule has 0 amide bonds. The van der Waals surface area contributed by atoms with Gasteiger partial charge in [-0.3, -0.25) is 0 Å². The Morgan fingerprint density at radius 2 is 2.14 bits per heavy atom. The van der Waals surface area contributed by atoms with Gasteiger partial charge in [-0.25, -0.2) is 0 Å². The lowest BCUT2D eigenvalue weighted by Crippen LogP contribution is -1.97. The molecule has 2 heterocycles. The molecule has 0 spiro atoms. The highest BCUT2D eigenvalue weighted by atomic mass is 16.4. The Kier molecular flexibility index (Phi) is 3.69. The van der Waals surface area contributed by atoms with E-state index in [1.54, 1.807) is 0 Å². The zero-order chi connectivity index (χ0) is 14.7. The summed E-state index contributed by atoms with van der Waals surface area (Å²) in [7, 11) is 0. The van der Waals surface area contributed by atoms with Crippen molar-refractivity contribution in [3.8, 4) is 17.7 Å². The summed E-state index contributed by atoms with van der Waals surface area (Å²) in [6, 6.07) is 12.1. The van der Waals surface area contributed by atoms with E-state index < -0.39 is 0 Å². The lowest BCUT2D eigenvalue weighted by Gasteiger charge is -2.02. The number of hydrogen-bond donors (Lipinski definition) is 0. The molecule has 0 radical (unpaired) electrons. The average molecular weight is 280 g/mol. The van der Waals surface area contributed by atoms with Gasteiger partial charge in [0, 0.05) is 17.3 Å². The van der Waals surface area contributed by atoms with E-state index in [9.17, 15) is 0 Å². The quantitative estimate of drug-likeness (QED) is 0.716. The molecule has 21 heavy (non-hydrogen) atoms. The van der Waals surface area contributed by atoms with Crippen LogP contribution in [0.1, 0.15) is 25.7 Å². The summed E-state index contributed by atoms with van der Waals surface area (Å²) in [4.78, 5) is 0. The van der Waals surface area contributed by atoms with Gasteiger partial charge in [0.05, 0.1) is 6.07 Å². The van der Waals surface area contributed by atoms with Crippen LogP contribution in [0.2, 0.25) is 0 Å². The van der Waals surface area contributed by atoms with Crippen LogP contribution in [0.15, 0.2) is 34.7 Å². The number of nitriles is 1. The molecule has 0 atom stereocenters. The van der Waals surface area contributed by atoms with E-state index >= 15 is 0 Å². The highest BCUT2D eigenvalue weighted by Crippen LogP contribution is 2.27. The van der Waals surface area contributed by atoms with E-state index in [0.29, 0.717) is 11.8 Å². The maximum Gasteiger partial charge on any atom is 0.264 e. The number of hydrogen-bond acceptors (Lipinski definition) is 4. The second-order valence-electron chi connectivity index (χ2n) is 4.94. The second kappa shape index (κ2) is 5.80. The third-order valence-corrected chi connectivity index (χ3v) is 3.47. The smallest absolute Gasteiger partial charge is 0.264 e. The van der Waals surface area contributed by atoms with E-state index in [0.717, 1.165) is 35.9 Å². The molecule has 0 bridgehead atoms. The van der Waals surface area contributed by atoms with Crippen LogP contribution in [-0.2, 0) is 13.0 Å². The molecule has 0 aliphatic rings. The van der Waals surface area contributed by atoms with Crippen LogP contribution in [0.5, 0.6) is 0 Å². The summed E-state index contributed by atoms with van der Waals surface area (Å²) in [5, 5.41) is 18.3. The van der Waals surface area contributed by atoms with Crippen LogP contribution >= 0.6 is 0 Å². The van der Waals surface area contributed by atoms with Crippen molar-refractivity contribution in [2.24, 2.45) is 0 Å². The fourth-order valence-electron chi connectivity index (χ4n) is 2.41. The Morgan fingerprint density at radius 3 is 2.95 bits per heavy atom. The number of aryl methyl sites for hydroxylation is 1. The standard InChI is InChI=1S/C16H16N4O/c1-2-3-8-15-18-19-16(21-15)14-11-12-6-4-5-7-13(12)20(14)10-9-17/h4-7,11H,2-3,8,10H2,1H3. The van der Waals surface area contributed by atoms with E-state index in [1.165, 1.54) is 0 Å². The minimum absolute atomic E-state index is 0.259. The maximum absolute atomic E-state index is 9.05. The van der Waals surface area contributed by atoms with Crippen molar-refractivity contribution in [2.45, 2.75) is 32.7 Å². The molecule has 0 fully saturated rings. The molecule has 0 unspecified atom stereocenters. The van der Waals surface area contributed by atoms with Gasteiger partial charge in [0.2, 0.25) is 5.89 Å². The van der Waals surface area contributed by atoms with Crippen molar-refractivity contribution in [2.75, 3.05) is 0 Å². The second-order valence-corrected chi connectivity index (χ2v) is 4.94. The van der Waals surface area contributed by atoms with Crippen LogP contribution in [0.3, 0.4) is 0 Å². The number of aromatic nitrogens is 3. The number of nitrogens with zero attached hydrogens (tertiary/aromatic N) is 4. The minimum atomic E-state index is 0.259. The maximum atomic E-state index is 9.05. The molecule has 5 heteroatoms. The first-order valence-electron chi connectivity index (χ1n) is 7.11. The summed E-state index contributed by atoms with van der Waals surface area (Å²) in [5.41, 5.74) is 1.80. The number of fused-ring (bicyclic) bond motifs is 1. The molecule has 0 aliphatic heterocycles. The first-order chi connectivity index (χ1) is 10.3. The lowest BCUT2D eigenvalue weighted by atomic mass is 10.2. The number of unbranched alkanes of at least 4 members (excludes halogenated alkanes) is 1. The fraction of sp³-hybridized carbons (Fsp3) is 0.312. The van der Waals surface area contributed by atoms with Crippen LogP contribution in [0.4, 0.5) is 0 Å². The Labute approximate surface area is 122 Å². The van der Waals surface area contributed by atoms with Gasteiger partial charge < -0.3 is 8.98 Å². The monoisotopic (exact) mass is 280 g/mol. The van der Waals surface area contributed by atoms with E-state index in [2.05, 4.69) is 23.2 Å². The Hall–Kier alpha value is -2.61. The molecule has 1 aromatic carbocycles. The van der Waals surface area contributed by atoms with Gasteiger partial charge in [-0.2, -0.15) is 5.26 Å². The number of para-hydroxylation sites is 1. The first kappa shape index (κ1) is 13.4. The minimum Gasteiger partial charge on any atom is -0.419 e. The first-order valence-corrected chi connectivity index (χ1v) is 7.11. The Bertz CT molecular complexity index is 794. The predicted molar refractivity (Wildman–Crippen MR) is 79.5 cm³/mol. The highest BCUT2D eigenvalue weighted by Gasteiger charge is 2.15. The van der Waals surface area contributed by atoms with Crippen LogP contribution in [0.25, 0.3) is 22.5 Å². The van der Waals surface area contributed by atoms with E-state index in [-0.39, 0.29) is 6.54 Å². The molecule has 3 aromatic rings. The van der Waals surface area contributed by atoms with Crippen molar-refractivity contribution in [1.29, 1.82) is 5.26 Å². The Morgan fingerprint density at radius 1 is 1.29 bits per heavy atom. The molecule has 0 aliphatic carbocycles. The average Bonchev–Trinajstić information content (AvgIpc) is 3.10. The zero-order valence-electron chi connectivity index (χ0n) is 11.9. The SMILES string of the molecule is CCCCc1nnc(-c2cc3ccccc3n2CC#N)o1. The molecular weight excluding hydrogens is 264 g/mol. The van der Waals surface area contributed by atoms with Gasteiger partial charge in [0.15, 0.2) is 0 Å².